The second-order valence-electron chi connectivity index (χ2n) is 5.95. The van der Waals surface area contributed by atoms with E-state index in [1.807, 2.05) is 31.5 Å². The van der Waals surface area contributed by atoms with Crippen LogP contribution >= 0.6 is 0 Å². The molecular weight excluding hydrogens is 228 g/mol. The molecule has 5 heteroatoms. The Morgan fingerprint density at radius 2 is 2.17 bits per heavy atom. The standard InChI is InChI=1S/C13H24N4O/c1-10(8-17-6-5-15-9-17)7-16-12(18)11(14)13(2,3)4/h5-6,9-11H,7-8,14H2,1-4H3,(H,16,18)/t10?,11-/m1/s1. The molecule has 18 heavy (non-hydrogen) atoms. The van der Waals surface area contributed by atoms with Crippen LogP contribution in [0.25, 0.3) is 0 Å². The first-order chi connectivity index (χ1) is 8.30. The van der Waals surface area contributed by atoms with E-state index in [4.69, 9.17) is 5.73 Å². The summed E-state index contributed by atoms with van der Waals surface area (Å²) in [5.74, 6) is 0.260. The molecule has 1 aromatic heterocycles. The van der Waals surface area contributed by atoms with E-state index in [1.54, 1.807) is 12.5 Å². The van der Waals surface area contributed by atoms with Crippen molar-refractivity contribution in [3.8, 4) is 0 Å². The summed E-state index contributed by atoms with van der Waals surface area (Å²) in [4.78, 5) is 15.8. The van der Waals surface area contributed by atoms with Gasteiger partial charge in [-0.1, -0.05) is 27.7 Å². The average molecular weight is 252 g/mol. The van der Waals surface area contributed by atoms with Gasteiger partial charge in [0.25, 0.3) is 0 Å². The fourth-order valence-corrected chi connectivity index (χ4v) is 1.60. The van der Waals surface area contributed by atoms with Crippen molar-refractivity contribution < 1.29 is 4.79 Å². The van der Waals surface area contributed by atoms with Crippen LogP contribution in [0, 0.1) is 11.3 Å². The number of nitrogens with one attached hydrogen (secondary N) is 1. The molecule has 0 bridgehead atoms. The van der Waals surface area contributed by atoms with Crippen LogP contribution < -0.4 is 11.1 Å². The second kappa shape index (κ2) is 6.00. The van der Waals surface area contributed by atoms with Crippen LogP contribution in [0.3, 0.4) is 0 Å². The number of nitrogens with zero attached hydrogens (tertiary/aromatic N) is 2. The van der Waals surface area contributed by atoms with Gasteiger partial charge < -0.3 is 15.6 Å². The van der Waals surface area contributed by atoms with Crippen molar-refractivity contribution in [1.29, 1.82) is 0 Å². The quantitative estimate of drug-likeness (QED) is 0.821. The first kappa shape index (κ1) is 14.7. The first-order valence-corrected chi connectivity index (χ1v) is 6.29. The Bertz CT molecular complexity index is 367. The maximum absolute atomic E-state index is 11.8. The number of amides is 1. The summed E-state index contributed by atoms with van der Waals surface area (Å²) in [7, 11) is 0. The number of hydrogen-bond donors (Lipinski definition) is 2. The zero-order valence-electron chi connectivity index (χ0n) is 11.7. The summed E-state index contributed by atoms with van der Waals surface area (Å²) in [6.45, 7) is 9.44. The highest BCUT2D eigenvalue weighted by Crippen LogP contribution is 2.17. The van der Waals surface area contributed by atoms with Gasteiger partial charge in [-0.2, -0.15) is 0 Å². The molecule has 1 amide bonds. The van der Waals surface area contributed by atoms with Crippen molar-refractivity contribution >= 4 is 5.91 Å². The zero-order valence-corrected chi connectivity index (χ0v) is 11.7. The van der Waals surface area contributed by atoms with Gasteiger partial charge in [0.1, 0.15) is 0 Å². The maximum atomic E-state index is 11.8. The summed E-state index contributed by atoms with van der Waals surface area (Å²) >= 11 is 0. The Morgan fingerprint density at radius 3 is 2.67 bits per heavy atom. The smallest absolute Gasteiger partial charge is 0.237 e. The summed E-state index contributed by atoms with van der Waals surface area (Å²) in [6.07, 6.45) is 5.44. The van der Waals surface area contributed by atoms with Gasteiger partial charge in [0.05, 0.1) is 12.4 Å². The summed E-state index contributed by atoms with van der Waals surface area (Å²) < 4.78 is 2.00. The molecule has 1 unspecified atom stereocenters. The van der Waals surface area contributed by atoms with Gasteiger partial charge in [-0.15, -0.1) is 0 Å². The number of carbonyl (C=O) groups is 1. The molecule has 1 heterocycles. The number of imidazole rings is 1. The van der Waals surface area contributed by atoms with Crippen molar-refractivity contribution in [1.82, 2.24) is 14.9 Å². The number of rotatable bonds is 5. The number of carbonyl (C=O) groups excluding carboxylic acids is 1. The molecule has 0 fully saturated rings. The van der Waals surface area contributed by atoms with E-state index < -0.39 is 6.04 Å². The molecule has 1 rings (SSSR count). The molecule has 0 aliphatic heterocycles. The molecule has 0 aliphatic rings. The molecule has 0 saturated heterocycles. The third-order valence-corrected chi connectivity index (χ3v) is 2.92. The molecule has 1 aromatic rings. The van der Waals surface area contributed by atoms with Gasteiger partial charge in [-0.05, 0) is 11.3 Å². The molecule has 5 nitrogen and oxygen atoms in total. The molecule has 0 saturated carbocycles. The van der Waals surface area contributed by atoms with Crippen LogP contribution in [0.2, 0.25) is 0 Å². The lowest BCUT2D eigenvalue weighted by molar-refractivity contribution is -0.124. The van der Waals surface area contributed by atoms with Crippen LogP contribution in [-0.4, -0.2) is 28.0 Å². The van der Waals surface area contributed by atoms with E-state index in [2.05, 4.69) is 17.2 Å². The Morgan fingerprint density at radius 1 is 1.50 bits per heavy atom. The highest BCUT2D eigenvalue weighted by atomic mass is 16.2. The minimum Gasteiger partial charge on any atom is -0.354 e. The van der Waals surface area contributed by atoms with Gasteiger partial charge >= 0.3 is 0 Å². The minimum atomic E-state index is -0.474. The highest BCUT2D eigenvalue weighted by Gasteiger charge is 2.27. The number of aromatic nitrogens is 2. The second-order valence-corrected chi connectivity index (χ2v) is 5.95. The fraction of sp³-hybridized carbons (Fsp3) is 0.692. The molecule has 2 atom stereocenters. The molecule has 0 spiro atoms. The summed E-state index contributed by atoms with van der Waals surface area (Å²) in [5.41, 5.74) is 5.68. The Kier molecular flexibility index (Phi) is 4.90. The van der Waals surface area contributed by atoms with Crippen molar-refractivity contribution in [2.24, 2.45) is 17.1 Å². The zero-order chi connectivity index (χ0) is 13.8. The fourth-order valence-electron chi connectivity index (χ4n) is 1.60. The van der Waals surface area contributed by atoms with Crippen LogP contribution in [-0.2, 0) is 11.3 Å². The van der Waals surface area contributed by atoms with Crippen LogP contribution in [0.1, 0.15) is 27.7 Å². The normalized spacial score (nSPS) is 15.2. The summed E-state index contributed by atoms with van der Waals surface area (Å²) in [6, 6.07) is -0.474. The Hall–Kier alpha value is -1.36. The molecule has 0 radical (unpaired) electrons. The molecule has 0 aromatic carbocycles. The van der Waals surface area contributed by atoms with E-state index in [9.17, 15) is 4.79 Å². The monoisotopic (exact) mass is 252 g/mol. The van der Waals surface area contributed by atoms with Crippen molar-refractivity contribution in [3.05, 3.63) is 18.7 Å². The van der Waals surface area contributed by atoms with Gasteiger partial charge in [0, 0.05) is 25.5 Å². The number of nitrogens with two attached hydrogens (primary N) is 1. The lowest BCUT2D eigenvalue weighted by atomic mass is 9.87. The van der Waals surface area contributed by atoms with Gasteiger partial charge in [0.2, 0.25) is 5.91 Å². The van der Waals surface area contributed by atoms with E-state index in [-0.39, 0.29) is 11.3 Å². The highest BCUT2D eigenvalue weighted by molar-refractivity contribution is 5.82. The molecule has 0 aliphatic carbocycles. The van der Waals surface area contributed by atoms with Crippen molar-refractivity contribution in [2.45, 2.75) is 40.3 Å². The number of hydrogen-bond acceptors (Lipinski definition) is 3. The Balaban J connectivity index is 2.34. The molecule has 102 valence electrons. The van der Waals surface area contributed by atoms with Gasteiger partial charge in [-0.25, -0.2) is 4.98 Å². The van der Waals surface area contributed by atoms with Crippen molar-refractivity contribution in [3.63, 3.8) is 0 Å². The Labute approximate surface area is 109 Å². The van der Waals surface area contributed by atoms with Crippen LogP contribution in [0.15, 0.2) is 18.7 Å². The topological polar surface area (TPSA) is 72.9 Å². The van der Waals surface area contributed by atoms with Crippen LogP contribution in [0.4, 0.5) is 0 Å². The van der Waals surface area contributed by atoms with E-state index >= 15 is 0 Å². The van der Waals surface area contributed by atoms with Crippen molar-refractivity contribution in [2.75, 3.05) is 6.54 Å². The third-order valence-electron chi connectivity index (χ3n) is 2.92. The third kappa shape index (κ3) is 4.49. The molecular formula is C13H24N4O. The maximum Gasteiger partial charge on any atom is 0.237 e. The lowest BCUT2D eigenvalue weighted by Gasteiger charge is -2.26. The minimum absolute atomic E-state index is 0.0834. The largest absolute Gasteiger partial charge is 0.354 e. The van der Waals surface area contributed by atoms with Crippen LogP contribution in [0.5, 0.6) is 0 Å². The lowest BCUT2D eigenvalue weighted by Crippen LogP contribution is -2.49. The van der Waals surface area contributed by atoms with Gasteiger partial charge in [0.15, 0.2) is 0 Å². The summed E-state index contributed by atoms with van der Waals surface area (Å²) in [5, 5.41) is 2.90. The van der Waals surface area contributed by atoms with E-state index in [0.717, 1.165) is 6.54 Å². The molecule has 3 N–H and O–H groups in total. The SMILES string of the molecule is CC(CNC(=O)[C@@H](N)C(C)(C)C)Cn1ccnc1. The first-order valence-electron chi connectivity index (χ1n) is 6.29. The predicted octanol–water partition coefficient (Wildman–Crippen LogP) is 1.01. The van der Waals surface area contributed by atoms with E-state index in [0.29, 0.717) is 12.5 Å². The van der Waals surface area contributed by atoms with Gasteiger partial charge in [-0.3, -0.25) is 4.79 Å². The van der Waals surface area contributed by atoms with E-state index in [1.165, 1.54) is 0 Å². The predicted molar refractivity (Wildman–Crippen MR) is 71.8 cm³/mol. The average Bonchev–Trinajstić information content (AvgIpc) is 2.76.